The second-order valence-electron chi connectivity index (χ2n) is 7.25. The first-order valence-electron chi connectivity index (χ1n) is 9.33. The number of hydrogen-bond donors (Lipinski definition) is 1. The third kappa shape index (κ3) is 5.46. The number of likely N-dealkylation sites (tertiary alicyclic amines) is 1. The number of nitrogens with zero attached hydrogens (tertiary/aromatic N) is 1. The van der Waals surface area contributed by atoms with E-state index in [1.807, 2.05) is 13.8 Å². The molecule has 0 unspecified atom stereocenters. The van der Waals surface area contributed by atoms with Gasteiger partial charge in [-0.15, -0.1) is 0 Å². The fourth-order valence-electron chi connectivity index (χ4n) is 3.38. The number of esters is 1. The van der Waals surface area contributed by atoms with Crippen molar-refractivity contribution in [2.75, 3.05) is 0 Å². The zero-order chi connectivity index (χ0) is 21.1. The summed E-state index contributed by atoms with van der Waals surface area (Å²) in [5, 5.41) is 0.266. The van der Waals surface area contributed by atoms with Crippen LogP contribution in [0.5, 0.6) is 0 Å². The Morgan fingerprint density at radius 2 is 1.82 bits per heavy atom. The second-order valence-corrected chi connectivity index (χ2v) is 9.40. The highest BCUT2D eigenvalue weighted by atomic mass is 35.5. The van der Waals surface area contributed by atoms with E-state index in [1.165, 1.54) is 32.0 Å². The van der Waals surface area contributed by atoms with Crippen molar-refractivity contribution in [3.63, 3.8) is 0 Å². The van der Waals surface area contributed by atoms with Gasteiger partial charge in [0.1, 0.15) is 6.04 Å². The first-order valence-corrected chi connectivity index (χ1v) is 11.2. The summed E-state index contributed by atoms with van der Waals surface area (Å²) in [6.45, 7) is 6.83. The highest BCUT2D eigenvalue weighted by molar-refractivity contribution is 7.89. The van der Waals surface area contributed by atoms with Crippen molar-refractivity contribution in [3.05, 3.63) is 29.3 Å². The minimum atomic E-state index is -3.95. The highest BCUT2D eigenvalue weighted by Gasteiger charge is 2.34. The van der Waals surface area contributed by atoms with Crippen LogP contribution in [0.1, 0.15) is 47.0 Å². The van der Waals surface area contributed by atoms with Crippen molar-refractivity contribution < 1.29 is 22.7 Å². The number of rotatable bonds is 6. The Hall–Kier alpha value is -1.64. The van der Waals surface area contributed by atoms with E-state index >= 15 is 0 Å². The summed E-state index contributed by atoms with van der Waals surface area (Å²) in [6.07, 6.45) is 1.88. The summed E-state index contributed by atoms with van der Waals surface area (Å²) in [4.78, 5) is 26.7. The molecule has 0 aliphatic carbocycles. The molecule has 0 aromatic heterocycles. The van der Waals surface area contributed by atoms with Crippen LogP contribution in [-0.2, 0) is 24.3 Å². The van der Waals surface area contributed by atoms with Gasteiger partial charge in [-0.2, -0.15) is 4.72 Å². The molecule has 0 saturated carbocycles. The van der Waals surface area contributed by atoms with Crippen LogP contribution in [0.15, 0.2) is 29.2 Å². The van der Waals surface area contributed by atoms with Crippen molar-refractivity contribution in [2.24, 2.45) is 0 Å². The molecule has 1 saturated heterocycles. The van der Waals surface area contributed by atoms with Crippen LogP contribution in [-0.4, -0.2) is 49.4 Å². The van der Waals surface area contributed by atoms with E-state index in [-0.39, 0.29) is 27.9 Å². The molecule has 0 spiro atoms. The van der Waals surface area contributed by atoms with E-state index in [0.29, 0.717) is 0 Å². The summed E-state index contributed by atoms with van der Waals surface area (Å²) < 4.78 is 32.3. The van der Waals surface area contributed by atoms with Gasteiger partial charge in [0.2, 0.25) is 10.0 Å². The monoisotopic (exact) mass is 430 g/mol. The number of sulfonamides is 1. The molecule has 1 aromatic carbocycles. The van der Waals surface area contributed by atoms with Gasteiger partial charge in [0.15, 0.2) is 6.10 Å². The van der Waals surface area contributed by atoms with Gasteiger partial charge in [-0.25, -0.2) is 8.42 Å². The Balaban J connectivity index is 2.00. The minimum Gasteiger partial charge on any atom is -0.451 e. The Morgan fingerprint density at radius 3 is 2.39 bits per heavy atom. The SMILES string of the molecule is C[C@H](NS(=O)(=O)c1cccc(Cl)c1)C(=O)O[C@H](C)C(=O)N1[C@@H](C)CCC[C@@H]1C. The van der Waals surface area contributed by atoms with E-state index in [0.717, 1.165) is 19.3 Å². The lowest BCUT2D eigenvalue weighted by atomic mass is 9.97. The maximum Gasteiger partial charge on any atom is 0.324 e. The van der Waals surface area contributed by atoms with Crippen molar-refractivity contribution in [1.29, 1.82) is 0 Å². The second kappa shape index (κ2) is 9.24. The molecule has 1 aliphatic rings. The third-order valence-electron chi connectivity index (χ3n) is 4.88. The largest absolute Gasteiger partial charge is 0.451 e. The molecular formula is C19H27ClN2O5S. The number of benzene rings is 1. The maximum atomic E-state index is 12.7. The molecule has 1 fully saturated rings. The number of carbonyl (C=O) groups is 2. The van der Waals surface area contributed by atoms with Gasteiger partial charge in [-0.1, -0.05) is 17.7 Å². The number of piperidine rings is 1. The molecule has 7 nitrogen and oxygen atoms in total. The van der Waals surface area contributed by atoms with E-state index in [2.05, 4.69) is 4.72 Å². The van der Waals surface area contributed by atoms with E-state index < -0.39 is 28.1 Å². The smallest absolute Gasteiger partial charge is 0.324 e. The van der Waals surface area contributed by atoms with Crippen molar-refractivity contribution in [1.82, 2.24) is 9.62 Å². The van der Waals surface area contributed by atoms with Gasteiger partial charge in [0, 0.05) is 17.1 Å². The summed E-state index contributed by atoms with van der Waals surface area (Å²) in [5.41, 5.74) is 0. The zero-order valence-electron chi connectivity index (χ0n) is 16.5. The van der Waals surface area contributed by atoms with E-state index in [1.54, 1.807) is 11.0 Å². The lowest BCUT2D eigenvalue weighted by Crippen LogP contribution is -2.52. The average Bonchev–Trinajstić information content (AvgIpc) is 2.61. The molecule has 1 amide bonds. The fourth-order valence-corrected chi connectivity index (χ4v) is 4.87. The van der Waals surface area contributed by atoms with E-state index in [4.69, 9.17) is 16.3 Å². The predicted molar refractivity (Wildman–Crippen MR) is 106 cm³/mol. The van der Waals surface area contributed by atoms with Crippen molar-refractivity contribution in [3.8, 4) is 0 Å². The Morgan fingerprint density at radius 1 is 1.21 bits per heavy atom. The first kappa shape index (κ1) is 22.6. The number of carbonyl (C=O) groups excluding carboxylic acids is 2. The molecule has 1 heterocycles. The minimum absolute atomic E-state index is 0.0558. The van der Waals surface area contributed by atoms with Gasteiger partial charge < -0.3 is 9.64 Å². The molecule has 156 valence electrons. The van der Waals surface area contributed by atoms with Crippen molar-refractivity contribution >= 4 is 33.5 Å². The molecular weight excluding hydrogens is 404 g/mol. The lowest BCUT2D eigenvalue weighted by molar-refractivity contribution is -0.163. The Bertz CT molecular complexity index is 819. The average molecular weight is 431 g/mol. The molecule has 1 N–H and O–H groups in total. The first-order chi connectivity index (χ1) is 13.0. The summed E-state index contributed by atoms with van der Waals surface area (Å²) in [7, 11) is -3.95. The molecule has 4 atom stereocenters. The molecule has 1 aromatic rings. The number of halogens is 1. The summed E-state index contributed by atoms with van der Waals surface area (Å²) in [6, 6.07) is 4.71. The van der Waals surface area contributed by atoms with Crippen LogP contribution in [0, 0.1) is 0 Å². The normalized spacial score (nSPS) is 22.4. The Labute approximate surface area is 171 Å². The molecule has 1 aliphatic heterocycles. The quantitative estimate of drug-likeness (QED) is 0.700. The predicted octanol–water partition coefficient (Wildman–Crippen LogP) is 2.73. The third-order valence-corrected chi connectivity index (χ3v) is 6.65. The Kier molecular flexibility index (Phi) is 7.47. The van der Waals surface area contributed by atoms with E-state index in [9.17, 15) is 18.0 Å². The van der Waals surface area contributed by atoms with Crippen LogP contribution < -0.4 is 4.72 Å². The zero-order valence-corrected chi connectivity index (χ0v) is 18.1. The number of ether oxygens (including phenoxy) is 1. The van der Waals surface area contributed by atoms with Gasteiger partial charge in [-0.3, -0.25) is 9.59 Å². The maximum absolute atomic E-state index is 12.7. The van der Waals surface area contributed by atoms with Crippen LogP contribution in [0.25, 0.3) is 0 Å². The summed E-state index contributed by atoms with van der Waals surface area (Å²) >= 11 is 5.83. The van der Waals surface area contributed by atoms with Gasteiger partial charge in [0.25, 0.3) is 5.91 Å². The molecule has 28 heavy (non-hydrogen) atoms. The van der Waals surface area contributed by atoms with Crippen LogP contribution in [0.3, 0.4) is 0 Å². The molecule has 2 rings (SSSR count). The van der Waals surface area contributed by atoms with Gasteiger partial charge in [0.05, 0.1) is 4.90 Å². The summed E-state index contributed by atoms with van der Waals surface area (Å²) in [5.74, 6) is -1.08. The van der Waals surface area contributed by atoms with Crippen LogP contribution in [0.4, 0.5) is 0 Å². The van der Waals surface area contributed by atoms with Gasteiger partial charge in [-0.05, 0) is 65.2 Å². The highest BCUT2D eigenvalue weighted by Crippen LogP contribution is 2.24. The number of hydrogen-bond acceptors (Lipinski definition) is 5. The molecule has 9 heteroatoms. The van der Waals surface area contributed by atoms with Crippen molar-refractivity contribution in [2.45, 2.75) is 76.1 Å². The van der Waals surface area contributed by atoms with Gasteiger partial charge >= 0.3 is 5.97 Å². The topological polar surface area (TPSA) is 92.8 Å². The molecule has 0 bridgehead atoms. The number of nitrogens with one attached hydrogen (secondary N) is 1. The number of amides is 1. The van der Waals surface area contributed by atoms with Crippen LogP contribution in [0.2, 0.25) is 5.02 Å². The molecule has 0 radical (unpaired) electrons. The van der Waals surface area contributed by atoms with Crippen LogP contribution >= 0.6 is 11.6 Å². The standard InChI is InChI=1S/C19H27ClN2O5S/c1-12-7-5-8-13(2)22(12)18(23)15(4)27-19(24)14(3)21-28(25,26)17-10-6-9-16(20)11-17/h6,9-15,21H,5,7-8H2,1-4H3/t12-,13-,14-,15+/m0/s1. The fraction of sp³-hybridized carbons (Fsp3) is 0.579. The lowest BCUT2D eigenvalue weighted by Gasteiger charge is -2.40.